The number of halogens is 1. The van der Waals surface area contributed by atoms with Crippen molar-refractivity contribution >= 4 is 33.5 Å². The van der Waals surface area contributed by atoms with Crippen LogP contribution in [0.2, 0.25) is 0 Å². The number of pyridine rings is 1. The zero-order valence-electron chi connectivity index (χ0n) is 12.6. The lowest BCUT2D eigenvalue weighted by molar-refractivity contribution is 0.832. The van der Waals surface area contributed by atoms with Gasteiger partial charge in [-0.2, -0.15) is 5.10 Å². The third-order valence-electron chi connectivity index (χ3n) is 3.09. The highest BCUT2D eigenvalue weighted by Gasteiger charge is 2.07. The molecule has 0 fully saturated rings. The summed E-state index contributed by atoms with van der Waals surface area (Å²) >= 11 is 5.10. The standard InChI is InChI=1S/C17H15BrN4S/c1-2-19-17-22(21-11-15-8-3-4-9-20-15)16(12-23-17)13-6-5-7-14(18)10-13/h3-12H,2H2,1H3/b19-17?,21-11+. The van der Waals surface area contributed by atoms with Gasteiger partial charge in [0, 0.05) is 28.2 Å². The SMILES string of the molecule is CCN=c1scc(-c2cccc(Br)c2)n1/N=C/c1ccccn1. The van der Waals surface area contributed by atoms with Gasteiger partial charge in [-0.3, -0.25) is 9.98 Å². The smallest absolute Gasteiger partial charge is 0.206 e. The Morgan fingerprint density at radius 2 is 2.17 bits per heavy atom. The molecule has 1 aromatic carbocycles. The van der Waals surface area contributed by atoms with Gasteiger partial charge in [-0.05, 0) is 31.2 Å². The third kappa shape index (κ3) is 3.83. The molecule has 6 heteroatoms. The molecule has 0 unspecified atom stereocenters. The van der Waals surface area contributed by atoms with E-state index in [1.165, 1.54) is 0 Å². The molecular weight excluding hydrogens is 372 g/mol. The Kier molecular flexibility index (Phi) is 5.15. The predicted molar refractivity (Wildman–Crippen MR) is 98.8 cm³/mol. The molecule has 0 radical (unpaired) electrons. The van der Waals surface area contributed by atoms with E-state index in [0.29, 0.717) is 0 Å². The van der Waals surface area contributed by atoms with Crippen molar-refractivity contribution in [2.45, 2.75) is 6.92 Å². The van der Waals surface area contributed by atoms with Crippen LogP contribution in [0.15, 0.2) is 68.6 Å². The second kappa shape index (κ2) is 7.48. The number of aromatic nitrogens is 2. The van der Waals surface area contributed by atoms with Crippen molar-refractivity contribution in [3.05, 3.63) is 69.0 Å². The Labute approximate surface area is 147 Å². The lowest BCUT2D eigenvalue weighted by Gasteiger charge is -2.04. The van der Waals surface area contributed by atoms with Crippen molar-refractivity contribution in [2.75, 3.05) is 6.54 Å². The fourth-order valence-corrected chi connectivity index (χ4v) is 3.37. The van der Waals surface area contributed by atoms with Gasteiger partial charge in [-0.15, -0.1) is 11.3 Å². The molecule has 0 saturated carbocycles. The normalized spacial score (nSPS) is 12.2. The molecule has 3 aromatic rings. The van der Waals surface area contributed by atoms with Crippen LogP contribution in [0.1, 0.15) is 12.6 Å². The molecule has 0 aliphatic heterocycles. The highest BCUT2D eigenvalue weighted by molar-refractivity contribution is 9.10. The summed E-state index contributed by atoms with van der Waals surface area (Å²) in [4.78, 5) is 9.67. The van der Waals surface area contributed by atoms with Gasteiger partial charge < -0.3 is 0 Å². The van der Waals surface area contributed by atoms with Crippen LogP contribution in [-0.2, 0) is 0 Å². The summed E-state index contributed by atoms with van der Waals surface area (Å²) in [7, 11) is 0. The molecule has 0 amide bonds. The molecule has 2 aromatic heterocycles. The molecule has 0 aliphatic carbocycles. The van der Waals surface area contributed by atoms with Crippen molar-refractivity contribution in [1.29, 1.82) is 0 Å². The first-order valence-corrected chi connectivity index (χ1v) is 8.87. The van der Waals surface area contributed by atoms with Crippen LogP contribution in [0.5, 0.6) is 0 Å². The van der Waals surface area contributed by atoms with E-state index in [1.807, 2.05) is 41.9 Å². The Morgan fingerprint density at radius 3 is 2.91 bits per heavy atom. The van der Waals surface area contributed by atoms with Gasteiger partial charge in [0.25, 0.3) is 0 Å². The van der Waals surface area contributed by atoms with E-state index in [4.69, 9.17) is 0 Å². The quantitative estimate of drug-likeness (QED) is 0.620. The molecule has 23 heavy (non-hydrogen) atoms. The molecule has 0 bridgehead atoms. The molecule has 3 rings (SSSR count). The van der Waals surface area contributed by atoms with Gasteiger partial charge in [0.15, 0.2) is 0 Å². The maximum Gasteiger partial charge on any atom is 0.206 e. The molecule has 0 spiro atoms. The average Bonchev–Trinajstić information content (AvgIpc) is 2.97. The highest BCUT2D eigenvalue weighted by Crippen LogP contribution is 2.23. The second-order valence-electron chi connectivity index (χ2n) is 4.70. The summed E-state index contributed by atoms with van der Waals surface area (Å²) in [5, 5.41) is 6.67. The van der Waals surface area contributed by atoms with Gasteiger partial charge >= 0.3 is 0 Å². The van der Waals surface area contributed by atoms with Crippen LogP contribution >= 0.6 is 27.3 Å². The topological polar surface area (TPSA) is 42.5 Å². The Hall–Kier alpha value is -2.05. The fraction of sp³-hybridized carbons (Fsp3) is 0.118. The molecule has 4 nitrogen and oxygen atoms in total. The van der Waals surface area contributed by atoms with E-state index in [0.717, 1.165) is 32.8 Å². The minimum Gasteiger partial charge on any atom is -0.258 e. The fourth-order valence-electron chi connectivity index (χ4n) is 2.07. The molecule has 0 saturated heterocycles. The molecule has 0 atom stereocenters. The van der Waals surface area contributed by atoms with Crippen LogP contribution in [0.25, 0.3) is 11.3 Å². The number of hydrogen-bond donors (Lipinski definition) is 0. The minimum atomic E-state index is 0.720. The van der Waals surface area contributed by atoms with Gasteiger partial charge in [0.1, 0.15) is 0 Å². The number of rotatable bonds is 4. The lowest BCUT2D eigenvalue weighted by atomic mass is 10.2. The third-order valence-corrected chi connectivity index (χ3v) is 4.44. The lowest BCUT2D eigenvalue weighted by Crippen LogP contribution is -2.12. The van der Waals surface area contributed by atoms with Gasteiger partial charge in [0.2, 0.25) is 4.80 Å². The van der Waals surface area contributed by atoms with Gasteiger partial charge in [-0.1, -0.05) is 34.1 Å². The first-order valence-electron chi connectivity index (χ1n) is 7.20. The first-order chi connectivity index (χ1) is 11.3. The molecular formula is C17H15BrN4S. The molecule has 2 heterocycles. The number of hydrogen-bond acceptors (Lipinski definition) is 4. The van der Waals surface area contributed by atoms with Crippen LogP contribution in [0.4, 0.5) is 0 Å². The molecule has 116 valence electrons. The summed E-state index contributed by atoms with van der Waals surface area (Å²) in [6.45, 7) is 2.74. The Bertz CT molecular complexity index is 881. The van der Waals surface area contributed by atoms with Crippen molar-refractivity contribution in [3.8, 4) is 11.3 Å². The van der Waals surface area contributed by atoms with Crippen LogP contribution < -0.4 is 4.80 Å². The zero-order valence-corrected chi connectivity index (χ0v) is 15.0. The summed E-state index contributed by atoms with van der Waals surface area (Å²) in [6, 6.07) is 13.9. The van der Waals surface area contributed by atoms with Crippen LogP contribution in [-0.4, -0.2) is 22.4 Å². The second-order valence-corrected chi connectivity index (χ2v) is 6.45. The van der Waals surface area contributed by atoms with Crippen molar-refractivity contribution < 1.29 is 0 Å². The predicted octanol–water partition coefficient (Wildman–Crippen LogP) is 4.18. The van der Waals surface area contributed by atoms with Crippen LogP contribution in [0.3, 0.4) is 0 Å². The van der Waals surface area contributed by atoms with Crippen LogP contribution in [0, 0.1) is 0 Å². The summed E-state index contributed by atoms with van der Waals surface area (Å²) in [5.41, 5.74) is 2.91. The maximum absolute atomic E-state index is 4.59. The van der Waals surface area contributed by atoms with Crippen molar-refractivity contribution in [1.82, 2.24) is 9.66 Å². The average molecular weight is 387 g/mol. The summed E-state index contributed by atoms with van der Waals surface area (Å²) < 4.78 is 2.90. The van der Waals surface area contributed by atoms with E-state index in [2.05, 4.69) is 48.5 Å². The van der Waals surface area contributed by atoms with E-state index in [9.17, 15) is 0 Å². The maximum atomic E-state index is 4.59. The zero-order chi connectivity index (χ0) is 16.1. The van der Waals surface area contributed by atoms with Crippen molar-refractivity contribution in [2.24, 2.45) is 10.1 Å². The number of nitrogens with zero attached hydrogens (tertiary/aromatic N) is 4. The van der Waals surface area contributed by atoms with Crippen molar-refractivity contribution in [3.63, 3.8) is 0 Å². The highest BCUT2D eigenvalue weighted by atomic mass is 79.9. The number of thiazole rings is 1. The summed E-state index contributed by atoms with van der Waals surface area (Å²) in [6.07, 6.45) is 3.51. The monoisotopic (exact) mass is 386 g/mol. The Balaban J connectivity index is 2.08. The summed E-state index contributed by atoms with van der Waals surface area (Å²) in [5.74, 6) is 0. The molecule has 0 N–H and O–H groups in total. The van der Waals surface area contributed by atoms with E-state index < -0.39 is 0 Å². The van der Waals surface area contributed by atoms with Gasteiger partial charge in [0.05, 0.1) is 17.6 Å². The largest absolute Gasteiger partial charge is 0.258 e. The van der Waals surface area contributed by atoms with Gasteiger partial charge in [-0.25, -0.2) is 4.68 Å². The number of benzene rings is 1. The first kappa shape index (κ1) is 15.8. The van der Waals surface area contributed by atoms with E-state index in [-0.39, 0.29) is 0 Å². The minimum absolute atomic E-state index is 0.720. The molecule has 0 aliphatic rings. The van der Waals surface area contributed by atoms with E-state index >= 15 is 0 Å². The Morgan fingerprint density at radius 1 is 1.26 bits per heavy atom. The van der Waals surface area contributed by atoms with E-state index in [1.54, 1.807) is 23.7 Å².